The zero-order chi connectivity index (χ0) is 14.1. The SMILES string of the molecule is N#Cc1ccc(Cn2c(Cl)nc3cc(F)ccc32)nc1. The number of aromatic nitrogens is 3. The molecule has 3 rings (SSSR count). The molecule has 0 aliphatic carbocycles. The average Bonchev–Trinajstić information content (AvgIpc) is 2.75. The summed E-state index contributed by atoms with van der Waals surface area (Å²) in [6, 6.07) is 9.79. The fourth-order valence-corrected chi connectivity index (χ4v) is 2.21. The van der Waals surface area contributed by atoms with E-state index < -0.39 is 0 Å². The van der Waals surface area contributed by atoms with Crippen LogP contribution in [0.5, 0.6) is 0 Å². The molecule has 2 heterocycles. The Balaban J connectivity index is 2.01. The van der Waals surface area contributed by atoms with Crippen LogP contribution in [-0.4, -0.2) is 14.5 Å². The Morgan fingerprint density at radius 2 is 2.15 bits per heavy atom. The summed E-state index contributed by atoms with van der Waals surface area (Å²) in [7, 11) is 0. The zero-order valence-electron chi connectivity index (χ0n) is 10.2. The molecule has 0 bridgehead atoms. The van der Waals surface area contributed by atoms with Gasteiger partial charge in [0.05, 0.1) is 28.8 Å². The summed E-state index contributed by atoms with van der Waals surface area (Å²) in [4.78, 5) is 8.30. The third kappa shape index (κ3) is 2.22. The minimum atomic E-state index is -0.352. The second kappa shape index (κ2) is 4.91. The maximum Gasteiger partial charge on any atom is 0.204 e. The molecule has 98 valence electrons. The van der Waals surface area contributed by atoms with Crippen LogP contribution in [0.1, 0.15) is 11.3 Å². The van der Waals surface area contributed by atoms with E-state index in [1.54, 1.807) is 22.8 Å². The highest BCUT2D eigenvalue weighted by molar-refractivity contribution is 6.29. The van der Waals surface area contributed by atoms with Crippen LogP contribution < -0.4 is 0 Å². The quantitative estimate of drug-likeness (QED) is 0.727. The van der Waals surface area contributed by atoms with Gasteiger partial charge in [0.15, 0.2) is 0 Å². The Labute approximate surface area is 119 Å². The van der Waals surface area contributed by atoms with Gasteiger partial charge in [0.2, 0.25) is 5.28 Å². The van der Waals surface area contributed by atoms with E-state index in [9.17, 15) is 4.39 Å². The average molecular weight is 287 g/mol. The molecule has 0 aliphatic rings. The lowest BCUT2D eigenvalue weighted by molar-refractivity contribution is 0.629. The second-order valence-corrected chi connectivity index (χ2v) is 4.59. The summed E-state index contributed by atoms with van der Waals surface area (Å²) in [5.41, 5.74) is 2.48. The summed E-state index contributed by atoms with van der Waals surface area (Å²) in [5, 5.41) is 9.01. The van der Waals surface area contributed by atoms with Gasteiger partial charge in [-0.3, -0.25) is 4.98 Å². The maximum absolute atomic E-state index is 13.2. The van der Waals surface area contributed by atoms with Gasteiger partial charge in [-0.25, -0.2) is 9.37 Å². The Hall–Kier alpha value is -2.45. The van der Waals surface area contributed by atoms with Crippen molar-refractivity contribution in [1.82, 2.24) is 14.5 Å². The van der Waals surface area contributed by atoms with Gasteiger partial charge in [-0.2, -0.15) is 5.26 Å². The predicted molar refractivity (Wildman–Crippen MR) is 72.8 cm³/mol. The number of hydrogen-bond acceptors (Lipinski definition) is 3. The molecule has 4 nitrogen and oxygen atoms in total. The first kappa shape index (κ1) is 12.6. The number of halogens is 2. The lowest BCUT2D eigenvalue weighted by atomic mass is 10.2. The van der Waals surface area contributed by atoms with Crippen LogP contribution in [0.2, 0.25) is 5.28 Å². The Morgan fingerprint density at radius 1 is 1.30 bits per heavy atom. The van der Waals surface area contributed by atoms with Crippen LogP contribution in [0.4, 0.5) is 4.39 Å². The molecule has 0 fully saturated rings. The molecule has 0 radical (unpaired) electrons. The highest BCUT2D eigenvalue weighted by atomic mass is 35.5. The first-order valence-corrected chi connectivity index (χ1v) is 6.21. The summed E-state index contributed by atoms with van der Waals surface area (Å²) >= 11 is 6.08. The van der Waals surface area contributed by atoms with Gasteiger partial charge >= 0.3 is 0 Å². The molecule has 0 spiro atoms. The second-order valence-electron chi connectivity index (χ2n) is 4.25. The Kier molecular flexibility index (Phi) is 3.09. The smallest absolute Gasteiger partial charge is 0.204 e. The van der Waals surface area contributed by atoms with Gasteiger partial charge in [0.1, 0.15) is 11.9 Å². The van der Waals surface area contributed by atoms with Gasteiger partial charge in [0, 0.05) is 12.3 Å². The normalized spacial score (nSPS) is 10.7. The Bertz CT molecular complexity index is 818. The van der Waals surface area contributed by atoms with Gasteiger partial charge in [-0.15, -0.1) is 0 Å². The summed E-state index contributed by atoms with van der Waals surface area (Å²) in [6.45, 7) is 0.409. The van der Waals surface area contributed by atoms with E-state index in [4.69, 9.17) is 16.9 Å². The van der Waals surface area contributed by atoms with Crippen molar-refractivity contribution in [3.8, 4) is 6.07 Å². The first-order chi connectivity index (χ1) is 9.67. The van der Waals surface area contributed by atoms with Crippen LogP contribution in [0, 0.1) is 17.1 Å². The van der Waals surface area contributed by atoms with Crippen molar-refractivity contribution < 1.29 is 4.39 Å². The Morgan fingerprint density at radius 3 is 2.85 bits per heavy atom. The van der Waals surface area contributed by atoms with Crippen LogP contribution >= 0.6 is 11.6 Å². The van der Waals surface area contributed by atoms with Crippen molar-refractivity contribution in [1.29, 1.82) is 5.26 Å². The van der Waals surface area contributed by atoms with Crippen molar-refractivity contribution in [2.24, 2.45) is 0 Å². The molecule has 3 aromatic rings. The topological polar surface area (TPSA) is 54.5 Å². The van der Waals surface area contributed by atoms with Gasteiger partial charge in [0.25, 0.3) is 0 Å². The van der Waals surface area contributed by atoms with Crippen molar-refractivity contribution in [3.63, 3.8) is 0 Å². The number of nitrogens with zero attached hydrogens (tertiary/aromatic N) is 4. The molecule has 0 aliphatic heterocycles. The molecule has 6 heteroatoms. The van der Waals surface area contributed by atoms with Crippen molar-refractivity contribution in [2.75, 3.05) is 0 Å². The van der Waals surface area contributed by atoms with Crippen LogP contribution in [0.15, 0.2) is 36.5 Å². The number of hydrogen-bond donors (Lipinski definition) is 0. The maximum atomic E-state index is 13.2. The van der Waals surface area contributed by atoms with Gasteiger partial charge in [-0.05, 0) is 35.9 Å². The molecule has 20 heavy (non-hydrogen) atoms. The van der Waals surface area contributed by atoms with Crippen molar-refractivity contribution in [2.45, 2.75) is 6.54 Å². The van der Waals surface area contributed by atoms with E-state index in [-0.39, 0.29) is 11.1 Å². The van der Waals surface area contributed by atoms with E-state index in [1.165, 1.54) is 18.3 Å². The fourth-order valence-electron chi connectivity index (χ4n) is 1.97. The molecular weight excluding hydrogens is 279 g/mol. The van der Waals surface area contributed by atoms with Gasteiger partial charge in [-0.1, -0.05) is 0 Å². The van der Waals surface area contributed by atoms with E-state index in [1.807, 2.05) is 6.07 Å². The molecule has 0 amide bonds. The molecule has 1 aromatic carbocycles. The molecule has 0 saturated heterocycles. The monoisotopic (exact) mass is 286 g/mol. The van der Waals surface area contributed by atoms with E-state index in [2.05, 4.69) is 9.97 Å². The minimum absolute atomic E-state index is 0.275. The van der Waals surface area contributed by atoms with Crippen LogP contribution in [0.3, 0.4) is 0 Å². The molecule has 0 unspecified atom stereocenters. The molecule has 0 N–H and O–H groups in total. The number of nitriles is 1. The predicted octanol–water partition coefficient (Wildman–Crippen LogP) is 3.14. The summed E-state index contributed by atoms with van der Waals surface area (Å²) in [5.74, 6) is -0.352. The standard InChI is InChI=1S/C14H8ClFN4/c15-14-19-12-5-10(16)2-4-13(12)20(14)8-11-3-1-9(6-17)7-18-11/h1-5,7H,8H2. The van der Waals surface area contributed by atoms with Crippen LogP contribution in [0.25, 0.3) is 11.0 Å². The first-order valence-electron chi connectivity index (χ1n) is 5.83. The lowest BCUT2D eigenvalue weighted by Gasteiger charge is -2.05. The third-order valence-corrected chi connectivity index (χ3v) is 3.23. The van der Waals surface area contributed by atoms with E-state index in [0.29, 0.717) is 17.6 Å². The number of benzene rings is 1. The summed E-state index contributed by atoms with van der Waals surface area (Å²) < 4.78 is 14.9. The molecule has 0 saturated carbocycles. The minimum Gasteiger partial charge on any atom is -0.309 e. The van der Waals surface area contributed by atoms with E-state index >= 15 is 0 Å². The number of fused-ring (bicyclic) bond motifs is 1. The summed E-state index contributed by atoms with van der Waals surface area (Å²) in [6.07, 6.45) is 1.50. The number of pyridine rings is 1. The molecular formula is C14H8ClFN4. The number of imidazole rings is 1. The molecule has 0 atom stereocenters. The van der Waals surface area contributed by atoms with Crippen LogP contribution in [-0.2, 0) is 6.54 Å². The lowest BCUT2D eigenvalue weighted by Crippen LogP contribution is -2.02. The van der Waals surface area contributed by atoms with Crippen molar-refractivity contribution >= 4 is 22.6 Å². The zero-order valence-corrected chi connectivity index (χ0v) is 11.0. The largest absolute Gasteiger partial charge is 0.309 e. The highest BCUT2D eigenvalue weighted by Gasteiger charge is 2.10. The number of rotatable bonds is 2. The van der Waals surface area contributed by atoms with Crippen molar-refractivity contribution in [3.05, 3.63) is 58.9 Å². The molecule has 2 aromatic heterocycles. The fraction of sp³-hybridized carbons (Fsp3) is 0.0714. The van der Waals surface area contributed by atoms with Gasteiger partial charge < -0.3 is 4.57 Å². The third-order valence-electron chi connectivity index (χ3n) is 2.94. The van der Waals surface area contributed by atoms with E-state index in [0.717, 1.165) is 11.2 Å². The highest BCUT2D eigenvalue weighted by Crippen LogP contribution is 2.21.